The van der Waals surface area contributed by atoms with E-state index in [9.17, 15) is 15.0 Å². The number of rotatable bonds is 6. The van der Waals surface area contributed by atoms with Crippen LogP contribution in [-0.2, 0) is 4.79 Å². The average molecular weight is 292 g/mol. The third-order valence-electron chi connectivity index (χ3n) is 5.10. The Kier molecular flexibility index (Phi) is 5.05. The molecule has 0 spiro atoms. The van der Waals surface area contributed by atoms with Crippen molar-refractivity contribution < 1.29 is 15.0 Å². The van der Waals surface area contributed by atoms with Crippen molar-refractivity contribution in [2.24, 2.45) is 17.8 Å². The Morgan fingerprint density at radius 2 is 2.19 bits per heavy atom. The van der Waals surface area contributed by atoms with Gasteiger partial charge in [0.05, 0.1) is 11.7 Å². The van der Waals surface area contributed by atoms with Crippen molar-refractivity contribution in [1.29, 1.82) is 0 Å². The Morgan fingerprint density at radius 1 is 1.48 bits per heavy atom. The van der Waals surface area contributed by atoms with E-state index in [0.29, 0.717) is 24.8 Å². The smallest absolute Gasteiger partial charge is 0.161 e. The van der Waals surface area contributed by atoms with E-state index in [4.69, 9.17) is 0 Å². The van der Waals surface area contributed by atoms with E-state index in [2.05, 4.69) is 13.5 Å². The van der Waals surface area contributed by atoms with Crippen LogP contribution in [0.25, 0.3) is 0 Å². The number of carbonyl (C=O) groups excluding carboxylic acids is 1. The first-order valence-electron chi connectivity index (χ1n) is 8.15. The molecule has 0 aliphatic heterocycles. The summed E-state index contributed by atoms with van der Waals surface area (Å²) in [6.07, 6.45) is 8.32. The molecule has 21 heavy (non-hydrogen) atoms. The second-order valence-electron chi connectivity index (χ2n) is 7.06. The highest BCUT2D eigenvalue weighted by atomic mass is 16.3. The van der Waals surface area contributed by atoms with Crippen LogP contribution < -0.4 is 0 Å². The zero-order valence-corrected chi connectivity index (χ0v) is 13.2. The molecule has 2 fully saturated rings. The van der Waals surface area contributed by atoms with Crippen molar-refractivity contribution in [3.63, 3.8) is 0 Å². The van der Waals surface area contributed by atoms with Crippen molar-refractivity contribution in [2.45, 2.75) is 64.1 Å². The van der Waals surface area contributed by atoms with Gasteiger partial charge in [-0.1, -0.05) is 38.5 Å². The summed E-state index contributed by atoms with van der Waals surface area (Å²) in [4.78, 5) is 12.0. The second-order valence-corrected chi connectivity index (χ2v) is 7.06. The number of fused-ring (bicyclic) bond motifs is 1. The van der Waals surface area contributed by atoms with Gasteiger partial charge in [0.1, 0.15) is 0 Å². The molecule has 2 saturated carbocycles. The maximum atomic E-state index is 12.0. The number of hydrogen-bond donors (Lipinski definition) is 2. The molecule has 2 aliphatic rings. The summed E-state index contributed by atoms with van der Waals surface area (Å²) in [6, 6.07) is 0. The molecule has 2 N–H and O–H groups in total. The predicted molar refractivity (Wildman–Crippen MR) is 83.8 cm³/mol. The Morgan fingerprint density at radius 3 is 2.86 bits per heavy atom. The summed E-state index contributed by atoms with van der Waals surface area (Å²) in [5.74, 6) is 0.338. The monoisotopic (exact) mass is 292 g/mol. The van der Waals surface area contributed by atoms with E-state index in [-0.39, 0.29) is 23.5 Å². The largest absolute Gasteiger partial charge is 0.392 e. The van der Waals surface area contributed by atoms with Crippen molar-refractivity contribution in [3.05, 3.63) is 24.3 Å². The molecular weight excluding hydrogens is 264 g/mol. The van der Waals surface area contributed by atoms with Crippen molar-refractivity contribution in [1.82, 2.24) is 0 Å². The lowest BCUT2D eigenvalue weighted by Crippen LogP contribution is -2.23. The fraction of sp³-hybridized carbons (Fsp3) is 0.722. The summed E-state index contributed by atoms with van der Waals surface area (Å²) in [6.45, 7) is 7.81. The number of allylic oxidation sites excluding steroid dienone is 1. The van der Waals surface area contributed by atoms with Gasteiger partial charge in [-0.15, -0.1) is 0 Å². The van der Waals surface area contributed by atoms with Gasteiger partial charge in [-0.3, -0.25) is 4.79 Å². The van der Waals surface area contributed by atoms with Crippen LogP contribution in [0.5, 0.6) is 0 Å². The van der Waals surface area contributed by atoms with Crippen LogP contribution in [0.15, 0.2) is 24.3 Å². The third kappa shape index (κ3) is 3.64. The number of Topliss-reactive ketones (excluding diaryl/α,β-unsaturated/α-hetero) is 1. The Balaban J connectivity index is 1.94. The van der Waals surface area contributed by atoms with Crippen LogP contribution >= 0.6 is 0 Å². The van der Waals surface area contributed by atoms with E-state index in [1.54, 1.807) is 0 Å². The second kappa shape index (κ2) is 6.45. The maximum absolute atomic E-state index is 12.0. The summed E-state index contributed by atoms with van der Waals surface area (Å²) in [7, 11) is 0. The topological polar surface area (TPSA) is 57.5 Å². The highest BCUT2D eigenvalue weighted by molar-refractivity contribution is 5.99. The van der Waals surface area contributed by atoms with E-state index < -0.39 is 11.7 Å². The van der Waals surface area contributed by atoms with Crippen molar-refractivity contribution in [2.75, 3.05) is 0 Å². The molecule has 0 bridgehead atoms. The standard InChI is InChI=1S/C18H28O3/c1-4-5-8-18(3,21)9-6-7-13-14-10-12(2)17(20)15(14)11-16(13)19/h6-7,13-16,19,21H,2,4-5,8-11H2,1,3H3/b7-6+/t13-,14-,15-,16+,18?/m0/s1. The van der Waals surface area contributed by atoms with Crippen LogP contribution in [0.3, 0.4) is 0 Å². The minimum absolute atomic E-state index is 0.0279. The lowest BCUT2D eigenvalue weighted by atomic mass is 9.89. The van der Waals surface area contributed by atoms with Gasteiger partial charge in [0.2, 0.25) is 0 Å². The Hall–Kier alpha value is -0.930. The van der Waals surface area contributed by atoms with Gasteiger partial charge >= 0.3 is 0 Å². The van der Waals surface area contributed by atoms with Crippen molar-refractivity contribution in [3.8, 4) is 0 Å². The first kappa shape index (κ1) is 16.4. The molecule has 0 aromatic heterocycles. The molecule has 3 nitrogen and oxygen atoms in total. The quantitative estimate of drug-likeness (QED) is 0.584. The summed E-state index contributed by atoms with van der Waals surface area (Å²) in [5, 5.41) is 20.4. The molecule has 0 heterocycles. The van der Waals surface area contributed by atoms with Gasteiger partial charge in [0.15, 0.2) is 5.78 Å². The molecule has 2 aliphatic carbocycles. The lowest BCUT2D eigenvalue weighted by molar-refractivity contribution is -0.118. The number of aliphatic hydroxyl groups is 2. The molecule has 0 radical (unpaired) electrons. The fourth-order valence-electron chi connectivity index (χ4n) is 3.78. The zero-order valence-electron chi connectivity index (χ0n) is 13.2. The molecule has 5 atom stereocenters. The number of hydrogen-bond acceptors (Lipinski definition) is 3. The van der Waals surface area contributed by atoms with E-state index in [1.165, 1.54) is 0 Å². The van der Waals surface area contributed by atoms with Crippen LogP contribution in [0, 0.1) is 17.8 Å². The van der Waals surface area contributed by atoms with Crippen LogP contribution in [0.4, 0.5) is 0 Å². The minimum atomic E-state index is -0.676. The van der Waals surface area contributed by atoms with Crippen LogP contribution in [0.1, 0.15) is 52.4 Å². The van der Waals surface area contributed by atoms with Crippen LogP contribution in [0.2, 0.25) is 0 Å². The van der Waals surface area contributed by atoms with Gasteiger partial charge in [0, 0.05) is 11.8 Å². The Bertz CT molecular complexity index is 436. The maximum Gasteiger partial charge on any atom is 0.161 e. The van der Waals surface area contributed by atoms with E-state index >= 15 is 0 Å². The number of ketones is 1. The van der Waals surface area contributed by atoms with Crippen molar-refractivity contribution >= 4 is 5.78 Å². The number of unbranched alkanes of at least 4 members (excludes halogenated alkanes) is 1. The van der Waals surface area contributed by atoms with Gasteiger partial charge in [-0.05, 0) is 44.1 Å². The highest BCUT2D eigenvalue weighted by Crippen LogP contribution is 2.48. The summed E-state index contributed by atoms with van der Waals surface area (Å²) in [5.41, 5.74) is 0.0372. The summed E-state index contributed by atoms with van der Waals surface area (Å²) < 4.78 is 0. The number of carbonyl (C=O) groups is 1. The molecule has 2 rings (SSSR count). The summed E-state index contributed by atoms with van der Waals surface area (Å²) >= 11 is 0. The predicted octanol–water partition coefficient (Wildman–Crippen LogP) is 3.02. The minimum Gasteiger partial charge on any atom is -0.392 e. The van der Waals surface area contributed by atoms with Gasteiger partial charge in [0.25, 0.3) is 0 Å². The molecular formula is C18H28O3. The molecule has 3 heteroatoms. The Labute approximate surface area is 127 Å². The molecule has 1 unspecified atom stereocenters. The molecule has 0 saturated heterocycles. The average Bonchev–Trinajstić information content (AvgIpc) is 2.86. The van der Waals surface area contributed by atoms with Crippen LogP contribution in [-0.4, -0.2) is 27.7 Å². The van der Waals surface area contributed by atoms with E-state index in [0.717, 1.165) is 19.3 Å². The number of aliphatic hydroxyl groups excluding tert-OH is 1. The lowest BCUT2D eigenvalue weighted by Gasteiger charge is -2.22. The first-order chi connectivity index (χ1) is 9.85. The zero-order chi connectivity index (χ0) is 15.6. The van der Waals surface area contributed by atoms with Gasteiger partial charge < -0.3 is 10.2 Å². The van der Waals surface area contributed by atoms with Gasteiger partial charge in [-0.2, -0.15) is 0 Å². The van der Waals surface area contributed by atoms with E-state index in [1.807, 2.05) is 19.1 Å². The SMILES string of the molecule is C=C1C[C@H]2[C@H](/C=C/CC(C)(O)CCCC)[C@H](O)C[C@@H]2C1=O. The molecule has 0 amide bonds. The van der Waals surface area contributed by atoms with Gasteiger partial charge in [-0.25, -0.2) is 0 Å². The third-order valence-corrected chi connectivity index (χ3v) is 5.10. The molecule has 0 aromatic carbocycles. The fourth-order valence-corrected chi connectivity index (χ4v) is 3.78. The normalized spacial score (nSPS) is 35.4. The highest BCUT2D eigenvalue weighted by Gasteiger charge is 2.49. The molecule has 118 valence electrons. The molecule has 0 aromatic rings. The first-order valence-corrected chi connectivity index (χ1v) is 8.15.